The van der Waals surface area contributed by atoms with E-state index >= 15 is 0 Å². The number of pyridine rings is 1. The van der Waals surface area contributed by atoms with E-state index in [1.54, 1.807) is 24.7 Å². The topological polar surface area (TPSA) is 58.6 Å². The number of hydrogen-bond donors (Lipinski definition) is 1. The van der Waals surface area contributed by atoms with Crippen LogP contribution in [0.15, 0.2) is 41.6 Å². The first-order valence-electron chi connectivity index (χ1n) is 6.93. The minimum absolute atomic E-state index is 0.0366. The molecule has 1 aliphatic carbocycles. The molecule has 4 nitrogen and oxygen atoms in total. The van der Waals surface area contributed by atoms with Crippen LogP contribution in [0.1, 0.15) is 31.7 Å². The van der Waals surface area contributed by atoms with Gasteiger partial charge in [0.15, 0.2) is 5.82 Å². The van der Waals surface area contributed by atoms with Crippen LogP contribution in [-0.4, -0.2) is 15.0 Å². The number of nitrogens with one attached hydrogen (secondary N) is 1. The molecule has 1 aliphatic rings. The lowest BCUT2D eigenvalue weighted by Gasteiger charge is -2.18. The van der Waals surface area contributed by atoms with Gasteiger partial charge < -0.3 is 4.98 Å². The van der Waals surface area contributed by atoms with Gasteiger partial charge in [0.2, 0.25) is 0 Å². The molecule has 102 valence electrons. The predicted octanol–water partition coefficient (Wildman–Crippen LogP) is 3.04. The van der Waals surface area contributed by atoms with E-state index < -0.39 is 0 Å². The van der Waals surface area contributed by atoms with Crippen molar-refractivity contribution in [2.75, 3.05) is 0 Å². The van der Waals surface area contributed by atoms with Crippen LogP contribution in [0.5, 0.6) is 0 Å². The Bertz CT molecular complexity index is 688. The standard InChI is InChI=1S/C16H17N3O/c1-11-3-5-12(6-4-11)14-9-13(10-19-16(14)20)15-17-7-2-8-18-15/h2,5,7-11H,3-4,6H2,1H3,(H,19,20)/t11-/m0/s1. The largest absolute Gasteiger partial charge is 0.328 e. The monoisotopic (exact) mass is 267 g/mol. The molecule has 0 spiro atoms. The maximum atomic E-state index is 12.0. The molecule has 0 aliphatic heterocycles. The highest BCUT2D eigenvalue weighted by Gasteiger charge is 2.15. The molecule has 0 saturated heterocycles. The third kappa shape index (κ3) is 2.54. The van der Waals surface area contributed by atoms with Crippen LogP contribution in [-0.2, 0) is 0 Å². The minimum atomic E-state index is -0.0366. The van der Waals surface area contributed by atoms with Crippen molar-refractivity contribution in [2.24, 2.45) is 5.92 Å². The molecule has 2 aromatic rings. The normalized spacial score (nSPS) is 18.6. The van der Waals surface area contributed by atoms with Gasteiger partial charge in [-0.2, -0.15) is 0 Å². The Hall–Kier alpha value is -2.23. The third-order valence-electron chi connectivity index (χ3n) is 3.75. The lowest BCUT2D eigenvalue weighted by atomic mass is 9.88. The van der Waals surface area contributed by atoms with Crippen LogP contribution in [0, 0.1) is 5.92 Å². The van der Waals surface area contributed by atoms with E-state index in [1.807, 2.05) is 6.07 Å². The molecule has 0 radical (unpaired) electrons. The molecule has 0 amide bonds. The Labute approximate surface area is 117 Å². The van der Waals surface area contributed by atoms with Crippen molar-refractivity contribution in [3.63, 3.8) is 0 Å². The summed E-state index contributed by atoms with van der Waals surface area (Å²) in [6, 6.07) is 3.68. The predicted molar refractivity (Wildman–Crippen MR) is 79.1 cm³/mol. The zero-order valence-corrected chi connectivity index (χ0v) is 11.5. The minimum Gasteiger partial charge on any atom is -0.328 e. The fraction of sp³-hybridized carbons (Fsp3) is 0.312. The van der Waals surface area contributed by atoms with Gasteiger partial charge in [-0.3, -0.25) is 4.79 Å². The summed E-state index contributed by atoms with van der Waals surface area (Å²) in [6.07, 6.45) is 10.4. The highest BCUT2D eigenvalue weighted by Crippen LogP contribution is 2.29. The quantitative estimate of drug-likeness (QED) is 0.909. The first-order valence-corrected chi connectivity index (χ1v) is 6.93. The maximum absolute atomic E-state index is 12.0. The Kier molecular flexibility index (Phi) is 3.46. The Morgan fingerprint density at radius 3 is 2.80 bits per heavy atom. The van der Waals surface area contributed by atoms with Gasteiger partial charge >= 0.3 is 0 Å². The van der Waals surface area contributed by atoms with E-state index in [1.165, 1.54) is 0 Å². The number of hydrogen-bond acceptors (Lipinski definition) is 3. The summed E-state index contributed by atoms with van der Waals surface area (Å²) in [5.41, 5.74) is 2.70. The van der Waals surface area contributed by atoms with Gasteiger partial charge in [0.1, 0.15) is 0 Å². The first kappa shape index (κ1) is 12.8. The average Bonchev–Trinajstić information content (AvgIpc) is 2.50. The number of H-pyrrole nitrogens is 1. The second-order valence-corrected chi connectivity index (χ2v) is 5.31. The molecular weight excluding hydrogens is 250 g/mol. The third-order valence-corrected chi connectivity index (χ3v) is 3.75. The summed E-state index contributed by atoms with van der Waals surface area (Å²) in [6.45, 7) is 2.24. The molecule has 2 heterocycles. The second kappa shape index (κ2) is 5.41. The molecule has 0 fully saturated rings. The van der Waals surface area contributed by atoms with Crippen LogP contribution >= 0.6 is 0 Å². The Morgan fingerprint density at radius 2 is 2.10 bits per heavy atom. The van der Waals surface area contributed by atoms with Crippen LogP contribution in [0.2, 0.25) is 0 Å². The second-order valence-electron chi connectivity index (χ2n) is 5.31. The number of rotatable bonds is 2. The zero-order valence-electron chi connectivity index (χ0n) is 11.5. The SMILES string of the molecule is C[C@H]1CC=C(c2cc(-c3ncccn3)c[nH]c2=O)CC1. The van der Waals surface area contributed by atoms with Gasteiger partial charge in [-0.1, -0.05) is 13.0 Å². The van der Waals surface area contributed by atoms with E-state index in [2.05, 4.69) is 28.0 Å². The van der Waals surface area contributed by atoms with Crippen molar-refractivity contribution in [2.45, 2.75) is 26.2 Å². The van der Waals surface area contributed by atoms with Gasteiger partial charge in [0.25, 0.3) is 5.56 Å². The van der Waals surface area contributed by atoms with Crippen molar-refractivity contribution in [1.82, 2.24) is 15.0 Å². The molecule has 3 rings (SSSR count). The van der Waals surface area contributed by atoms with Crippen LogP contribution in [0.3, 0.4) is 0 Å². The van der Waals surface area contributed by atoms with Crippen LogP contribution in [0.4, 0.5) is 0 Å². The van der Waals surface area contributed by atoms with Crippen LogP contribution in [0.25, 0.3) is 17.0 Å². The summed E-state index contributed by atoms with van der Waals surface area (Å²) in [5.74, 6) is 1.34. The lowest BCUT2D eigenvalue weighted by molar-refractivity contribution is 0.533. The molecule has 0 saturated carbocycles. The molecule has 4 heteroatoms. The summed E-state index contributed by atoms with van der Waals surface area (Å²) in [4.78, 5) is 23.3. The zero-order chi connectivity index (χ0) is 13.9. The van der Waals surface area contributed by atoms with E-state index in [-0.39, 0.29) is 5.56 Å². The number of allylic oxidation sites excluding steroid dienone is 2. The lowest BCUT2D eigenvalue weighted by Crippen LogP contribution is -2.14. The van der Waals surface area contributed by atoms with Gasteiger partial charge in [0.05, 0.1) is 0 Å². The van der Waals surface area contributed by atoms with Gasteiger partial charge in [-0.05, 0) is 42.9 Å². The van der Waals surface area contributed by atoms with Crippen molar-refractivity contribution in [3.05, 3.63) is 52.7 Å². The molecule has 20 heavy (non-hydrogen) atoms. The molecule has 1 N–H and O–H groups in total. The maximum Gasteiger partial charge on any atom is 0.255 e. The van der Waals surface area contributed by atoms with E-state index in [9.17, 15) is 4.79 Å². The van der Waals surface area contributed by atoms with E-state index in [4.69, 9.17) is 0 Å². The van der Waals surface area contributed by atoms with Gasteiger partial charge in [0, 0.05) is 29.7 Å². The summed E-state index contributed by atoms with van der Waals surface area (Å²) >= 11 is 0. The fourth-order valence-corrected chi connectivity index (χ4v) is 2.51. The van der Waals surface area contributed by atoms with Crippen molar-refractivity contribution in [3.8, 4) is 11.4 Å². The highest BCUT2D eigenvalue weighted by molar-refractivity contribution is 5.69. The number of aromatic amines is 1. The summed E-state index contributed by atoms with van der Waals surface area (Å²) < 4.78 is 0. The van der Waals surface area contributed by atoms with E-state index in [0.717, 1.165) is 36.0 Å². The molecular formula is C16H17N3O. The van der Waals surface area contributed by atoms with Gasteiger partial charge in [-0.15, -0.1) is 0 Å². The van der Waals surface area contributed by atoms with Crippen molar-refractivity contribution in [1.29, 1.82) is 0 Å². The first-order chi connectivity index (χ1) is 9.74. The molecule has 1 atom stereocenters. The van der Waals surface area contributed by atoms with Gasteiger partial charge in [-0.25, -0.2) is 9.97 Å². The smallest absolute Gasteiger partial charge is 0.255 e. The molecule has 0 aromatic carbocycles. The highest BCUT2D eigenvalue weighted by atomic mass is 16.1. The summed E-state index contributed by atoms with van der Waals surface area (Å²) in [5, 5.41) is 0. The fourth-order valence-electron chi connectivity index (χ4n) is 2.51. The molecule has 0 unspecified atom stereocenters. The number of nitrogens with zero attached hydrogens (tertiary/aromatic N) is 2. The Morgan fingerprint density at radius 1 is 1.30 bits per heavy atom. The Balaban J connectivity index is 2.02. The van der Waals surface area contributed by atoms with Crippen LogP contribution < -0.4 is 5.56 Å². The van der Waals surface area contributed by atoms with Crippen molar-refractivity contribution >= 4 is 5.57 Å². The molecule has 2 aromatic heterocycles. The average molecular weight is 267 g/mol. The molecule has 0 bridgehead atoms. The number of aromatic nitrogens is 3. The van der Waals surface area contributed by atoms with Crippen molar-refractivity contribution < 1.29 is 0 Å². The summed E-state index contributed by atoms with van der Waals surface area (Å²) in [7, 11) is 0. The van der Waals surface area contributed by atoms with E-state index in [0.29, 0.717) is 11.7 Å².